The van der Waals surface area contributed by atoms with Crippen LogP contribution in [0.4, 0.5) is 0 Å². The van der Waals surface area contributed by atoms with Crippen molar-refractivity contribution in [1.82, 2.24) is 4.98 Å². The highest BCUT2D eigenvalue weighted by Crippen LogP contribution is 2.32. The Balaban J connectivity index is 2.40. The van der Waals surface area contributed by atoms with Gasteiger partial charge in [-0.3, -0.25) is 4.98 Å². The predicted molar refractivity (Wildman–Crippen MR) is 77.2 cm³/mol. The first-order valence-corrected chi connectivity index (χ1v) is 6.54. The molecule has 1 heterocycles. The second-order valence-corrected chi connectivity index (χ2v) is 4.44. The number of nitrogens with zero attached hydrogens (tertiary/aromatic N) is 1. The fraction of sp³-hybridized carbons (Fsp3) is 0.312. The third-order valence-corrected chi connectivity index (χ3v) is 3.34. The first-order chi connectivity index (χ1) is 9.71. The number of hydrogen-bond acceptors (Lipinski definition) is 4. The van der Waals surface area contributed by atoms with Crippen molar-refractivity contribution >= 4 is 0 Å². The number of hydrogen-bond donors (Lipinski definition) is 1. The van der Waals surface area contributed by atoms with Crippen molar-refractivity contribution in [2.45, 2.75) is 19.4 Å². The minimum Gasteiger partial charge on any atom is -0.493 e. The molecule has 0 aliphatic rings. The summed E-state index contributed by atoms with van der Waals surface area (Å²) < 4.78 is 10.5. The fourth-order valence-electron chi connectivity index (χ4n) is 2.20. The molecule has 0 aliphatic carbocycles. The minimum atomic E-state index is -0.701. The first kappa shape index (κ1) is 14.3. The van der Waals surface area contributed by atoms with Crippen molar-refractivity contribution in [3.05, 3.63) is 53.3 Å². The highest BCUT2D eigenvalue weighted by Gasteiger charge is 2.16. The molecule has 1 aromatic heterocycles. The molecule has 0 spiro atoms. The summed E-state index contributed by atoms with van der Waals surface area (Å²) in [6.45, 7) is 2.04. The van der Waals surface area contributed by atoms with Gasteiger partial charge in [-0.1, -0.05) is 13.0 Å². The Kier molecular flexibility index (Phi) is 4.58. The number of aromatic nitrogens is 1. The molecule has 1 aromatic carbocycles. The molecule has 2 aromatic rings. The van der Waals surface area contributed by atoms with E-state index in [0.29, 0.717) is 11.5 Å². The molecule has 1 N–H and O–H groups in total. The van der Waals surface area contributed by atoms with Crippen LogP contribution in [0.2, 0.25) is 0 Å². The zero-order valence-corrected chi connectivity index (χ0v) is 12.0. The van der Waals surface area contributed by atoms with E-state index in [1.807, 2.05) is 19.1 Å². The summed E-state index contributed by atoms with van der Waals surface area (Å²) in [5.74, 6) is 1.25. The molecular formula is C16H19NO3. The number of aliphatic hydroxyl groups excluding tert-OH is 1. The van der Waals surface area contributed by atoms with Crippen molar-refractivity contribution in [3.63, 3.8) is 0 Å². The molecule has 0 saturated heterocycles. The number of aliphatic hydroxyl groups is 1. The maximum absolute atomic E-state index is 10.6. The molecule has 1 unspecified atom stereocenters. The molecule has 1 atom stereocenters. The summed E-state index contributed by atoms with van der Waals surface area (Å²) in [7, 11) is 3.17. The van der Waals surface area contributed by atoms with Crippen LogP contribution in [0.3, 0.4) is 0 Å². The van der Waals surface area contributed by atoms with Crippen LogP contribution < -0.4 is 9.47 Å². The van der Waals surface area contributed by atoms with Gasteiger partial charge in [-0.05, 0) is 41.3 Å². The Morgan fingerprint density at radius 3 is 2.55 bits per heavy atom. The van der Waals surface area contributed by atoms with E-state index in [0.717, 1.165) is 23.1 Å². The topological polar surface area (TPSA) is 51.6 Å². The van der Waals surface area contributed by atoms with E-state index in [1.54, 1.807) is 38.7 Å². The first-order valence-electron chi connectivity index (χ1n) is 6.54. The largest absolute Gasteiger partial charge is 0.493 e. The van der Waals surface area contributed by atoms with Gasteiger partial charge < -0.3 is 14.6 Å². The molecule has 4 nitrogen and oxygen atoms in total. The predicted octanol–water partition coefficient (Wildman–Crippen LogP) is 2.74. The zero-order valence-electron chi connectivity index (χ0n) is 12.0. The molecule has 20 heavy (non-hydrogen) atoms. The van der Waals surface area contributed by atoms with E-state index < -0.39 is 6.10 Å². The Hall–Kier alpha value is -2.07. The van der Waals surface area contributed by atoms with Crippen LogP contribution in [-0.4, -0.2) is 24.3 Å². The third-order valence-electron chi connectivity index (χ3n) is 3.34. The van der Waals surface area contributed by atoms with E-state index in [2.05, 4.69) is 4.98 Å². The number of benzene rings is 1. The summed E-state index contributed by atoms with van der Waals surface area (Å²) in [6.07, 6.45) is 3.61. The molecule has 0 radical (unpaired) electrons. The van der Waals surface area contributed by atoms with Crippen molar-refractivity contribution in [3.8, 4) is 11.5 Å². The summed E-state index contributed by atoms with van der Waals surface area (Å²) in [5, 5.41) is 10.6. The molecule has 106 valence electrons. The standard InChI is InChI=1S/C16H19NO3/c1-4-11-10-17-8-7-13(11)16(18)12-5-6-14(19-2)15(9-12)20-3/h5-10,16,18H,4H2,1-3H3. The third kappa shape index (κ3) is 2.75. The highest BCUT2D eigenvalue weighted by molar-refractivity contribution is 5.45. The molecule has 0 fully saturated rings. The second-order valence-electron chi connectivity index (χ2n) is 4.44. The quantitative estimate of drug-likeness (QED) is 0.910. The van der Waals surface area contributed by atoms with Crippen molar-refractivity contribution in [1.29, 1.82) is 0 Å². The summed E-state index contributed by atoms with van der Waals surface area (Å²) in [5.41, 5.74) is 2.67. The Labute approximate surface area is 119 Å². The van der Waals surface area contributed by atoms with Gasteiger partial charge in [0.15, 0.2) is 11.5 Å². The van der Waals surface area contributed by atoms with E-state index in [4.69, 9.17) is 9.47 Å². The van der Waals surface area contributed by atoms with Gasteiger partial charge in [0, 0.05) is 12.4 Å². The Morgan fingerprint density at radius 1 is 1.15 bits per heavy atom. The van der Waals surface area contributed by atoms with Gasteiger partial charge in [0.2, 0.25) is 0 Å². The summed E-state index contributed by atoms with van der Waals surface area (Å²) in [4.78, 5) is 4.10. The van der Waals surface area contributed by atoms with E-state index in [1.165, 1.54) is 0 Å². The van der Waals surface area contributed by atoms with Crippen molar-refractivity contribution < 1.29 is 14.6 Å². The van der Waals surface area contributed by atoms with E-state index in [-0.39, 0.29) is 0 Å². The van der Waals surface area contributed by atoms with Gasteiger partial charge in [0.1, 0.15) is 6.10 Å². The smallest absolute Gasteiger partial charge is 0.161 e. The Morgan fingerprint density at radius 2 is 1.90 bits per heavy atom. The van der Waals surface area contributed by atoms with Crippen LogP contribution in [0.5, 0.6) is 11.5 Å². The number of rotatable bonds is 5. The lowest BCUT2D eigenvalue weighted by molar-refractivity contribution is 0.218. The zero-order chi connectivity index (χ0) is 14.5. The lowest BCUT2D eigenvalue weighted by atomic mass is 9.97. The SMILES string of the molecule is CCc1cnccc1C(O)c1ccc(OC)c(OC)c1. The highest BCUT2D eigenvalue weighted by atomic mass is 16.5. The molecule has 0 amide bonds. The number of methoxy groups -OCH3 is 2. The van der Waals surface area contributed by atoms with Gasteiger partial charge in [-0.2, -0.15) is 0 Å². The van der Waals surface area contributed by atoms with Gasteiger partial charge in [-0.15, -0.1) is 0 Å². The normalized spacial score (nSPS) is 12.0. The molecule has 2 rings (SSSR count). The Bertz CT molecular complexity index is 584. The lowest BCUT2D eigenvalue weighted by Crippen LogP contribution is -2.04. The van der Waals surface area contributed by atoms with E-state index in [9.17, 15) is 5.11 Å². The average molecular weight is 273 g/mol. The summed E-state index contributed by atoms with van der Waals surface area (Å²) >= 11 is 0. The summed E-state index contributed by atoms with van der Waals surface area (Å²) in [6, 6.07) is 7.28. The van der Waals surface area contributed by atoms with Gasteiger partial charge in [0.05, 0.1) is 14.2 Å². The van der Waals surface area contributed by atoms with Gasteiger partial charge in [-0.25, -0.2) is 0 Å². The van der Waals surface area contributed by atoms with Crippen LogP contribution in [0.15, 0.2) is 36.7 Å². The second kappa shape index (κ2) is 6.39. The molecule has 0 aliphatic heterocycles. The number of aryl methyl sites for hydroxylation is 1. The van der Waals surface area contributed by atoms with Crippen LogP contribution in [0, 0.1) is 0 Å². The lowest BCUT2D eigenvalue weighted by Gasteiger charge is -2.16. The molecule has 4 heteroatoms. The van der Waals surface area contributed by atoms with Crippen LogP contribution >= 0.6 is 0 Å². The van der Waals surface area contributed by atoms with Gasteiger partial charge in [0.25, 0.3) is 0 Å². The number of pyridine rings is 1. The number of ether oxygens (including phenoxy) is 2. The molecule has 0 saturated carbocycles. The van der Waals surface area contributed by atoms with E-state index >= 15 is 0 Å². The fourth-order valence-corrected chi connectivity index (χ4v) is 2.20. The minimum absolute atomic E-state index is 0.608. The van der Waals surface area contributed by atoms with Crippen molar-refractivity contribution in [2.24, 2.45) is 0 Å². The molecule has 0 bridgehead atoms. The monoisotopic (exact) mass is 273 g/mol. The van der Waals surface area contributed by atoms with Crippen LogP contribution in [0.1, 0.15) is 29.7 Å². The van der Waals surface area contributed by atoms with Crippen molar-refractivity contribution in [2.75, 3.05) is 14.2 Å². The van der Waals surface area contributed by atoms with Crippen LogP contribution in [0.25, 0.3) is 0 Å². The maximum Gasteiger partial charge on any atom is 0.161 e. The maximum atomic E-state index is 10.6. The average Bonchev–Trinajstić information content (AvgIpc) is 2.53. The van der Waals surface area contributed by atoms with Gasteiger partial charge >= 0.3 is 0 Å². The molecular weight excluding hydrogens is 254 g/mol. The van der Waals surface area contributed by atoms with Crippen LogP contribution in [-0.2, 0) is 6.42 Å².